The second kappa shape index (κ2) is 7.54. The van der Waals surface area contributed by atoms with Gasteiger partial charge in [0.25, 0.3) is 0 Å². The lowest BCUT2D eigenvalue weighted by molar-refractivity contribution is -0.164. The smallest absolute Gasteiger partial charge is 0.339 e. The number of thiophene rings is 1. The molecule has 0 aliphatic heterocycles. The van der Waals surface area contributed by atoms with Crippen LogP contribution < -0.4 is 0 Å². The largest absolute Gasteiger partial charge is 0.467 e. The van der Waals surface area contributed by atoms with Crippen LogP contribution in [0.15, 0.2) is 30.3 Å². The first-order chi connectivity index (χ1) is 13.8. The molecule has 0 saturated heterocycles. The number of para-hydroxylation sites is 1. The number of carbonyl (C=O) groups is 1. The lowest BCUT2D eigenvalue weighted by Crippen LogP contribution is -2.29. The van der Waals surface area contributed by atoms with E-state index in [1.165, 1.54) is 28.8 Å². The van der Waals surface area contributed by atoms with Gasteiger partial charge in [-0.25, -0.2) is 4.79 Å². The van der Waals surface area contributed by atoms with Gasteiger partial charge in [0.15, 0.2) is 6.10 Å². The van der Waals surface area contributed by atoms with Crippen LogP contribution in [-0.2, 0) is 27.1 Å². The van der Waals surface area contributed by atoms with E-state index in [-0.39, 0.29) is 0 Å². The number of nitrogens with zero attached hydrogens (tertiary/aromatic N) is 1. The minimum absolute atomic E-state index is 0.398. The zero-order valence-electron chi connectivity index (χ0n) is 17.7. The van der Waals surface area contributed by atoms with Crippen molar-refractivity contribution in [3.63, 3.8) is 0 Å². The van der Waals surface area contributed by atoms with Gasteiger partial charge in [-0.1, -0.05) is 18.2 Å². The Morgan fingerprint density at radius 2 is 1.97 bits per heavy atom. The molecule has 0 bridgehead atoms. The summed E-state index contributed by atoms with van der Waals surface area (Å²) in [6.07, 6.45) is 2.66. The van der Waals surface area contributed by atoms with Crippen molar-refractivity contribution < 1.29 is 14.3 Å². The number of hydrogen-bond acceptors (Lipinski definition) is 5. The summed E-state index contributed by atoms with van der Waals surface area (Å²) in [5.41, 5.74) is 4.51. The summed E-state index contributed by atoms with van der Waals surface area (Å²) >= 11 is 1.83. The number of benzene rings is 1. The van der Waals surface area contributed by atoms with Gasteiger partial charge in [-0.05, 0) is 64.7 Å². The van der Waals surface area contributed by atoms with Crippen molar-refractivity contribution in [2.24, 2.45) is 0 Å². The number of ether oxygens (including phenoxy) is 2. The summed E-state index contributed by atoms with van der Waals surface area (Å²) in [4.78, 5) is 20.3. The Balaban J connectivity index is 2.01. The van der Waals surface area contributed by atoms with Crippen LogP contribution in [0.3, 0.4) is 0 Å². The highest BCUT2D eigenvalue weighted by molar-refractivity contribution is 7.15. The summed E-state index contributed by atoms with van der Waals surface area (Å²) < 4.78 is 11.4. The van der Waals surface area contributed by atoms with Crippen molar-refractivity contribution in [1.82, 2.24) is 4.98 Å². The highest BCUT2D eigenvalue weighted by atomic mass is 32.1. The van der Waals surface area contributed by atoms with Gasteiger partial charge in [0.05, 0.1) is 18.2 Å². The molecule has 0 N–H and O–H groups in total. The highest BCUT2D eigenvalue weighted by Gasteiger charge is 2.33. The first kappa shape index (κ1) is 20.0. The van der Waals surface area contributed by atoms with Gasteiger partial charge in [0.2, 0.25) is 0 Å². The Bertz CT molecular complexity index is 1060. The molecule has 5 heteroatoms. The van der Waals surface area contributed by atoms with E-state index in [9.17, 15) is 4.79 Å². The molecule has 1 aromatic carbocycles. The summed E-state index contributed by atoms with van der Waals surface area (Å²) in [6.45, 7) is 7.80. The molecule has 0 radical (unpaired) electrons. The molecule has 2 aromatic heterocycles. The molecule has 0 unspecified atom stereocenters. The van der Waals surface area contributed by atoms with Crippen molar-refractivity contribution >= 4 is 28.2 Å². The molecule has 152 valence electrons. The Kier molecular flexibility index (Phi) is 5.21. The van der Waals surface area contributed by atoms with E-state index in [0.717, 1.165) is 40.6 Å². The van der Waals surface area contributed by atoms with E-state index in [4.69, 9.17) is 14.5 Å². The fourth-order valence-electron chi connectivity index (χ4n) is 4.07. The maximum atomic E-state index is 12.8. The number of aryl methyl sites for hydroxylation is 3. The van der Waals surface area contributed by atoms with Gasteiger partial charge in [0, 0.05) is 32.0 Å². The third kappa shape index (κ3) is 3.81. The minimum atomic E-state index is -0.830. The molecule has 1 atom stereocenters. The van der Waals surface area contributed by atoms with Gasteiger partial charge < -0.3 is 9.47 Å². The lowest BCUT2D eigenvalue weighted by atomic mass is 9.94. The molecule has 2 heterocycles. The topological polar surface area (TPSA) is 48.4 Å². The Labute approximate surface area is 175 Å². The van der Waals surface area contributed by atoms with E-state index in [2.05, 4.69) is 12.1 Å². The van der Waals surface area contributed by atoms with E-state index in [1.54, 1.807) is 0 Å². The van der Waals surface area contributed by atoms with Crippen LogP contribution in [0.2, 0.25) is 0 Å². The van der Waals surface area contributed by atoms with Crippen molar-refractivity contribution in [3.8, 4) is 10.4 Å². The average Bonchev–Trinajstić information content (AvgIpc) is 3.26. The normalized spacial score (nSPS) is 14.8. The Morgan fingerprint density at radius 1 is 1.21 bits per heavy atom. The lowest BCUT2D eigenvalue weighted by Gasteiger charge is -2.28. The average molecular weight is 410 g/mol. The number of fused-ring (bicyclic) bond motifs is 2. The minimum Gasteiger partial charge on any atom is -0.467 e. The van der Waals surface area contributed by atoms with Crippen LogP contribution in [0.1, 0.15) is 55.0 Å². The van der Waals surface area contributed by atoms with Gasteiger partial charge in [0.1, 0.15) is 0 Å². The molecular weight excluding hydrogens is 382 g/mol. The second-order valence-electron chi connectivity index (χ2n) is 8.55. The fraction of sp³-hybridized carbons (Fsp3) is 0.417. The standard InChI is InChI=1S/C24H27NO3S/c1-14-20(22(23(26)27-5)28-24(2,3)4)21(16-10-6-7-11-17(16)25-14)19-13-15-9-8-12-18(15)29-19/h6-7,10-11,13,22H,8-9,12H2,1-5H3/t22-/m0/s1. The molecule has 0 fully saturated rings. The number of esters is 1. The predicted molar refractivity (Wildman–Crippen MR) is 117 cm³/mol. The monoisotopic (exact) mass is 409 g/mol. The van der Waals surface area contributed by atoms with Crippen molar-refractivity contribution in [2.45, 2.75) is 58.7 Å². The molecule has 29 heavy (non-hydrogen) atoms. The molecule has 4 rings (SSSR count). The summed E-state index contributed by atoms with van der Waals surface area (Å²) in [5, 5.41) is 1.04. The zero-order chi connectivity index (χ0) is 20.8. The first-order valence-corrected chi connectivity index (χ1v) is 10.9. The van der Waals surface area contributed by atoms with Crippen molar-refractivity contribution in [2.75, 3.05) is 7.11 Å². The highest BCUT2D eigenvalue weighted by Crippen LogP contribution is 2.44. The first-order valence-electron chi connectivity index (χ1n) is 10.1. The van der Waals surface area contributed by atoms with E-state index >= 15 is 0 Å². The number of carbonyl (C=O) groups excluding carboxylic acids is 1. The molecule has 0 amide bonds. The quantitative estimate of drug-likeness (QED) is 0.512. The van der Waals surface area contributed by atoms with E-state index in [0.29, 0.717) is 0 Å². The Hall–Kier alpha value is -2.24. The van der Waals surface area contributed by atoms with Crippen LogP contribution in [-0.4, -0.2) is 23.7 Å². The number of methoxy groups -OCH3 is 1. The number of aromatic nitrogens is 1. The van der Waals surface area contributed by atoms with Gasteiger partial charge in [-0.2, -0.15) is 0 Å². The third-order valence-electron chi connectivity index (χ3n) is 5.26. The zero-order valence-corrected chi connectivity index (χ0v) is 18.5. The summed E-state index contributed by atoms with van der Waals surface area (Å²) in [6, 6.07) is 10.4. The van der Waals surface area contributed by atoms with Gasteiger partial charge >= 0.3 is 5.97 Å². The molecule has 4 nitrogen and oxygen atoms in total. The molecule has 1 aliphatic rings. The number of rotatable bonds is 4. The molecule has 3 aromatic rings. The molecule has 0 spiro atoms. The molecule has 1 aliphatic carbocycles. The number of pyridine rings is 1. The van der Waals surface area contributed by atoms with Crippen LogP contribution in [0.5, 0.6) is 0 Å². The third-order valence-corrected chi connectivity index (χ3v) is 6.52. The number of hydrogen-bond donors (Lipinski definition) is 0. The van der Waals surface area contributed by atoms with Gasteiger partial charge in [-0.3, -0.25) is 4.98 Å². The van der Waals surface area contributed by atoms with E-state index in [1.807, 2.05) is 57.2 Å². The molecule has 0 saturated carbocycles. The van der Waals surface area contributed by atoms with Crippen LogP contribution in [0, 0.1) is 6.92 Å². The van der Waals surface area contributed by atoms with Gasteiger partial charge in [-0.15, -0.1) is 11.3 Å². The van der Waals surface area contributed by atoms with Crippen molar-refractivity contribution in [3.05, 3.63) is 52.0 Å². The van der Waals surface area contributed by atoms with Crippen molar-refractivity contribution in [1.29, 1.82) is 0 Å². The van der Waals surface area contributed by atoms with Crippen LogP contribution in [0.25, 0.3) is 21.3 Å². The maximum absolute atomic E-state index is 12.8. The SMILES string of the molecule is COC(=O)[C@@H](OC(C)(C)C)c1c(C)nc2ccccc2c1-c1cc2c(s1)CCC2. The maximum Gasteiger partial charge on any atom is 0.339 e. The Morgan fingerprint density at radius 3 is 2.66 bits per heavy atom. The summed E-state index contributed by atoms with van der Waals surface area (Å²) in [7, 11) is 1.41. The molecular formula is C24H27NO3S. The van der Waals surface area contributed by atoms with E-state index < -0.39 is 17.7 Å². The summed E-state index contributed by atoms with van der Waals surface area (Å²) in [5.74, 6) is -0.398. The second-order valence-corrected chi connectivity index (χ2v) is 9.69. The van der Waals surface area contributed by atoms with Crippen LogP contribution in [0.4, 0.5) is 0 Å². The fourth-order valence-corrected chi connectivity index (χ4v) is 5.40. The van der Waals surface area contributed by atoms with Crippen LogP contribution >= 0.6 is 11.3 Å². The predicted octanol–water partition coefficient (Wildman–Crippen LogP) is 5.79.